The molecule has 5 N–H and O–H groups in total. The standard InChI is InChI=1S/C22H28N5O8P/c1-13(20(29)32-3)26-36(31,35-14-7-5-4-6-8-14)33-11-16-17(28)22(2,30)21(34-16)27-10-9-15-18(23)24-12-25-19(15)27/h4-10,12-13,16-17,21,28,30H,11H2,1-3H3,(H,26,31)(H2,23,24,25). The smallest absolute Gasteiger partial charge is 0.459 e. The Morgan fingerprint density at radius 2 is 2.06 bits per heavy atom. The lowest BCUT2D eigenvalue weighted by Crippen LogP contribution is -2.44. The third kappa shape index (κ3) is 5.07. The highest BCUT2D eigenvalue weighted by molar-refractivity contribution is 7.52. The van der Waals surface area contributed by atoms with Crippen molar-refractivity contribution in [2.45, 2.75) is 43.9 Å². The Balaban J connectivity index is 1.55. The first-order valence-electron chi connectivity index (χ1n) is 11.0. The number of aliphatic hydroxyl groups is 2. The molecule has 36 heavy (non-hydrogen) atoms. The molecule has 0 radical (unpaired) electrons. The van der Waals surface area contributed by atoms with Crippen molar-refractivity contribution in [2.75, 3.05) is 19.5 Å². The van der Waals surface area contributed by atoms with Crippen LogP contribution in [0, 0.1) is 0 Å². The van der Waals surface area contributed by atoms with Gasteiger partial charge in [0.05, 0.1) is 19.1 Å². The molecule has 2 aromatic heterocycles. The van der Waals surface area contributed by atoms with Crippen LogP contribution in [-0.2, 0) is 23.4 Å². The summed E-state index contributed by atoms with van der Waals surface area (Å²) >= 11 is 0. The summed E-state index contributed by atoms with van der Waals surface area (Å²) in [6.45, 7) is 2.38. The normalized spacial score (nSPS) is 26.4. The van der Waals surface area contributed by atoms with Crippen LogP contribution in [0.3, 0.4) is 0 Å². The number of fused-ring (bicyclic) bond motifs is 1. The van der Waals surface area contributed by atoms with Crippen LogP contribution in [0.4, 0.5) is 5.82 Å². The molecule has 1 fully saturated rings. The number of aliphatic hydroxyl groups excluding tert-OH is 1. The van der Waals surface area contributed by atoms with Crippen LogP contribution in [0.25, 0.3) is 11.0 Å². The van der Waals surface area contributed by atoms with E-state index in [0.29, 0.717) is 11.0 Å². The minimum Gasteiger partial charge on any atom is -0.468 e. The van der Waals surface area contributed by atoms with Crippen molar-refractivity contribution in [1.29, 1.82) is 0 Å². The summed E-state index contributed by atoms with van der Waals surface area (Å²) in [5.41, 5.74) is 4.51. The number of nitrogens with zero attached hydrogens (tertiary/aromatic N) is 3. The molecular formula is C22H28N5O8P. The average Bonchev–Trinajstić information content (AvgIpc) is 3.37. The number of benzene rings is 1. The number of rotatable bonds is 9. The maximum absolute atomic E-state index is 13.6. The van der Waals surface area contributed by atoms with Gasteiger partial charge in [-0.3, -0.25) is 9.32 Å². The van der Waals surface area contributed by atoms with Crippen molar-refractivity contribution in [2.24, 2.45) is 0 Å². The predicted octanol–water partition coefficient (Wildman–Crippen LogP) is 1.38. The highest BCUT2D eigenvalue weighted by Crippen LogP contribution is 2.47. The fourth-order valence-corrected chi connectivity index (χ4v) is 5.41. The van der Waals surface area contributed by atoms with Gasteiger partial charge in [0.2, 0.25) is 0 Å². The van der Waals surface area contributed by atoms with Crippen LogP contribution < -0.4 is 15.3 Å². The Hall–Kier alpha value is -3.06. The highest BCUT2D eigenvalue weighted by atomic mass is 31.2. The molecule has 0 saturated carbocycles. The Bertz CT molecular complexity index is 1270. The second-order valence-electron chi connectivity index (χ2n) is 8.49. The van der Waals surface area contributed by atoms with Gasteiger partial charge in [-0.2, -0.15) is 5.09 Å². The second-order valence-corrected chi connectivity index (χ2v) is 10.2. The quantitative estimate of drug-likeness (QED) is 0.235. The van der Waals surface area contributed by atoms with E-state index in [1.807, 2.05) is 0 Å². The molecule has 1 aromatic carbocycles. The fourth-order valence-electron chi connectivity index (χ4n) is 3.91. The molecular weight excluding hydrogens is 493 g/mol. The molecule has 194 valence electrons. The van der Waals surface area contributed by atoms with E-state index < -0.39 is 50.4 Å². The summed E-state index contributed by atoms with van der Waals surface area (Å²) in [6, 6.07) is 8.85. The van der Waals surface area contributed by atoms with Crippen LogP contribution in [0.15, 0.2) is 48.9 Å². The van der Waals surface area contributed by atoms with Crippen LogP contribution in [0.2, 0.25) is 0 Å². The number of hydrogen-bond donors (Lipinski definition) is 4. The maximum atomic E-state index is 13.6. The Labute approximate surface area is 206 Å². The minimum absolute atomic E-state index is 0.222. The lowest BCUT2D eigenvalue weighted by atomic mass is 9.96. The Morgan fingerprint density at radius 3 is 2.75 bits per heavy atom. The van der Waals surface area contributed by atoms with Gasteiger partial charge in [0, 0.05) is 6.20 Å². The highest BCUT2D eigenvalue weighted by Gasteiger charge is 2.54. The van der Waals surface area contributed by atoms with Gasteiger partial charge in [-0.15, -0.1) is 0 Å². The third-order valence-corrected chi connectivity index (χ3v) is 7.48. The SMILES string of the molecule is COC(=O)C(C)NP(=O)(OCC1OC(n2ccc3c(N)ncnc32)C(C)(O)C1O)Oc1ccccc1. The molecule has 6 atom stereocenters. The van der Waals surface area contributed by atoms with Crippen LogP contribution in [-0.4, -0.2) is 68.3 Å². The number of para-hydroxylation sites is 1. The van der Waals surface area contributed by atoms with Crippen molar-refractivity contribution < 1.29 is 38.1 Å². The number of aromatic nitrogens is 3. The van der Waals surface area contributed by atoms with Gasteiger partial charge in [-0.1, -0.05) is 18.2 Å². The van der Waals surface area contributed by atoms with Crippen molar-refractivity contribution in [3.8, 4) is 5.75 Å². The monoisotopic (exact) mass is 521 g/mol. The largest absolute Gasteiger partial charge is 0.468 e. The number of carbonyl (C=O) groups is 1. The number of nitrogen functional groups attached to an aromatic ring is 1. The molecule has 0 amide bonds. The molecule has 0 bridgehead atoms. The molecule has 0 aliphatic carbocycles. The Kier molecular flexibility index (Phi) is 7.32. The summed E-state index contributed by atoms with van der Waals surface area (Å²) in [5.74, 6) is -0.211. The van der Waals surface area contributed by atoms with Crippen molar-refractivity contribution >= 4 is 30.6 Å². The molecule has 13 nitrogen and oxygen atoms in total. The first-order valence-corrected chi connectivity index (χ1v) is 12.6. The van der Waals surface area contributed by atoms with Gasteiger partial charge in [0.15, 0.2) is 6.23 Å². The minimum atomic E-state index is -4.18. The molecule has 3 aromatic rings. The lowest BCUT2D eigenvalue weighted by Gasteiger charge is -2.27. The van der Waals surface area contributed by atoms with E-state index >= 15 is 0 Å². The van der Waals surface area contributed by atoms with Crippen LogP contribution in [0.1, 0.15) is 20.1 Å². The summed E-state index contributed by atoms with van der Waals surface area (Å²) in [6.07, 6.45) is -0.759. The summed E-state index contributed by atoms with van der Waals surface area (Å²) < 4.78 is 36.8. The molecule has 14 heteroatoms. The molecule has 6 unspecified atom stereocenters. The number of hydrogen-bond acceptors (Lipinski definition) is 11. The van der Waals surface area contributed by atoms with Gasteiger partial charge in [-0.25, -0.2) is 14.5 Å². The number of nitrogens with one attached hydrogen (secondary N) is 1. The topological polar surface area (TPSA) is 180 Å². The van der Waals surface area contributed by atoms with Gasteiger partial charge in [0.25, 0.3) is 0 Å². The third-order valence-electron chi connectivity index (χ3n) is 5.83. The summed E-state index contributed by atoms with van der Waals surface area (Å²) in [7, 11) is -2.98. The van der Waals surface area contributed by atoms with E-state index in [9.17, 15) is 19.6 Å². The summed E-state index contributed by atoms with van der Waals surface area (Å²) in [5, 5.41) is 25.0. The number of esters is 1. The lowest BCUT2D eigenvalue weighted by molar-refractivity contribution is -0.142. The van der Waals surface area contributed by atoms with Gasteiger partial charge < -0.3 is 34.5 Å². The van der Waals surface area contributed by atoms with E-state index in [1.165, 1.54) is 31.9 Å². The Morgan fingerprint density at radius 1 is 1.33 bits per heavy atom. The van der Waals surface area contributed by atoms with E-state index in [-0.39, 0.29) is 11.6 Å². The molecule has 4 rings (SSSR count). The number of carbonyl (C=O) groups excluding carboxylic acids is 1. The van der Waals surface area contributed by atoms with Crippen LogP contribution >= 0.6 is 7.75 Å². The zero-order valence-electron chi connectivity index (χ0n) is 19.8. The van der Waals surface area contributed by atoms with Crippen LogP contribution in [0.5, 0.6) is 5.75 Å². The van der Waals surface area contributed by atoms with E-state index in [1.54, 1.807) is 42.6 Å². The number of methoxy groups -OCH3 is 1. The zero-order chi connectivity index (χ0) is 26.1. The summed E-state index contributed by atoms with van der Waals surface area (Å²) in [4.78, 5) is 20.1. The molecule has 0 spiro atoms. The number of anilines is 1. The molecule has 3 heterocycles. The molecule has 1 aliphatic rings. The maximum Gasteiger partial charge on any atom is 0.459 e. The van der Waals surface area contributed by atoms with E-state index in [2.05, 4.69) is 19.8 Å². The zero-order valence-corrected chi connectivity index (χ0v) is 20.7. The fraction of sp³-hybridized carbons (Fsp3) is 0.409. The number of nitrogens with two attached hydrogens (primary N) is 1. The number of ether oxygens (including phenoxy) is 2. The first-order chi connectivity index (χ1) is 17.1. The molecule has 1 saturated heterocycles. The van der Waals surface area contributed by atoms with Gasteiger partial charge >= 0.3 is 13.7 Å². The van der Waals surface area contributed by atoms with Gasteiger partial charge in [0.1, 0.15) is 47.4 Å². The van der Waals surface area contributed by atoms with E-state index in [0.717, 1.165) is 0 Å². The second kappa shape index (κ2) is 10.1. The van der Waals surface area contributed by atoms with Crippen molar-refractivity contribution in [3.63, 3.8) is 0 Å². The van der Waals surface area contributed by atoms with Crippen molar-refractivity contribution in [3.05, 3.63) is 48.9 Å². The van der Waals surface area contributed by atoms with E-state index in [4.69, 9.17) is 19.5 Å². The van der Waals surface area contributed by atoms with Crippen molar-refractivity contribution in [1.82, 2.24) is 19.6 Å². The average molecular weight is 521 g/mol. The first kappa shape index (κ1) is 26.0. The van der Waals surface area contributed by atoms with Gasteiger partial charge in [-0.05, 0) is 32.0 Å². The predicted molar refractivity (Wildman–Crippen MR) is 128 cm³/mol. The molecule has 1 aliphatic heterocycles.